The molecular weight excluding hydrogens is 561 g/mol. The second kappa shape index (κ2) is 14.7. The first kappa shape index (κ1) is 32.4. The molecule has 3 rings (SSSR count). The van der Waals surface area contributed by atoms with Gasteiger partial charge in [-0.1, -0.05) is 49.2 Å². The van der Waals surface area contributed by atoms with Crippen LogP contribution in [0.1, 0.15) is 37.8 Å². The molecule has 1 atom stereocenters. The van der Waals surface area contributed by atoms with E-state index >= 15 is 0 Å². The molecule has 0 fully saturated rings. The summed E-state index contributed by atoms with van der Waals surface area (Å²) in [7, 11) is -1.40. The number of rotatable bonds is 14. The van der Waals surface area contributed by atoms with Gasteiger partial charge < -0.3 is 19.7 Å². The smallest absolute Gasteiger partial charge is 0.264 e. The van der Waals surface area contributed by atoms with Gasteiger partial charge in [0.1, 0.15) is 18.4 Å². The van der Waals surface area contributed by atoms with Crippen LogP contribution in [0.2, 0.25) is 0 Å². The van der Waals surface area contributed by atoms with E-state index in [4.69, 9.17) is 9.47 Å². The summed E-state index contributed by atoms with van der Waals surface area (Å²) >= 11 is 0. The monoisotopic (exact) mass is 599 g/mol. The number of methoxy groups -OCH3 is 2. The summed E-state index contributed by atoms with van der Waals surface area (Å²) in [5.41, 5.74) is 1.20. The standard InChI is InChI=1S/C31H38FN3O6S/c1-6-7-18-33-31(37)23(3)34(20-24-10-8-9-11-27(24)32)30(36)21-35(25-14-17-28(40-4)29(19-25)41-5)42(38,39)26-15-12-22(2)13-16-26/h8-17,19,23H,6-7,18,20-21H2,1-5H3,(H,33,37)/t23-/m1/s1. The number of nitrogens with zero attached hydrogens (tertiary/aromatic N) is 2. The molecule has 9 nitrogen and oxygen atoms in total. The fourth-order valence-electron chi connectivity index (χ4n) is 4.28. The average molecular weight is 600 g/mol. The molecule has 0 saturated carbocycles. The van der Waals surface area contributed by atoms with Gasteiger partial charge in [0.05, 0.1) is 24.8 Å². The van der Waals surface area contributed by atoms with Crippen LogP contribution >= 0.6 is 0 Å². The topological polar surface area (TPSA) is 105 Å². The first-order valence-corrected chi connectivity index (χ1v) is 15.1. The van der Waals surface area contributed by atoms with Crippen LogP contribution in [0, 0.1) is 12.7 Å². The van der Waals surface area contributed by atoms with E-state index in [0.717, 1.165) is 22.7 Å². The maximum Gasteiger partial charge on any atom is 0.264 e. The van der Waals surface area contributed by atoms with Gasteiger partial charge in [-0.2, -0.15) is 0 Å². The molecule has 0 saturated heterocycles. The van der Waals surface area contributed by atoms with Crippen molar-refractivity contribution in [3.63, 3.8) is 0 Å². The molecule has 0 radical (unpaired) electrons. The van der Waals surface area contributed by atoms with Gasteiger partial charge in [-0.3, -0.25) is 13.9 Å². The van der Waals surface area contributed by atoms with Crippen LogP contribution in [0.4, 0.5) is 10.1 Å². The van der Waals surface area contributed by atoms with E-state index in [2.05, 4.69) is 5.32 Å². The molecule has 3 aromatic rings. The van der Waals surface area contributed by atoms with Crippen molar-refractivity contribution >= 4 is 27.5 Å². The van der Waals surface area contributed by atoms with Crippen LogP contribution in [0.3, 0.4) is 0 Å². The normalized spacial score (nSPS) is 11.9. The average Bonchev–Trinajstić information content (AvgIpc) is 2.98. The van der Waals surface area contributed by atoms with Crippen molar-refractivity contribution in [1.29, 1.82) is 0 Å². The van der Waals surface area contributed by atoms with Crippen molar-refractivity contribution < 1.29 is 31.9 Å². The largest absolute Gasteiger partial charge is 0.493 e. The molecule has 2 amide bonds. The maximum absolute atomic E-state index is 14.7. The Balaban J connectivity index is 2.07. The lowest BCUT2D eigenvalue weighted by atomic mass is 10.1. The van der Waals surface area contributed by atoms with Gasteiger partial charge in [0, 0.05) is 24.7 Å². The van der Waals surface area contributed by atoms with E-state index < -0.39 is 40.2 Å². The first-order valence-electron chi connectivity index (χ1n) is 13.7. The number of hydrogen-bond donors (Lipinski definition) is 1. The predicted octanol–water partition coefficient (Wildman–Crippen LogP) is 4.68. The van der Waals surface area contributed by atoms with Gasteiger partial charge in [0.2, 0.25) is 11.8 Å². The quantitative estimate of drug-likeness (QED) is 0.270. The van der Waals surface area contributed by atoms with Crippen LogP contribution in [-0.4, -0.2) is 58.5 Å². The Morgan fingerprint density at radius 2 is 1.64 bits per heavy atom. The second-order valence-electron chi connectivity index (χ2n) is 9.80. The van der Waals surface area contributed by atoms with Gasteiger partial charge in [0.25, 0.3) is 10.0 Å². The van der Waals surface area contributed by atoms with Gasteiger partial charge in [-0.25, -0.2) is 12.8 Å². The minimum atomic E-state index is -4.27. The highest BCUT2D eigenvalue weighted by Gasteiger charge is 2.33. The van der Waals surface area contributed by atoms with E-state index in [0.29, 0.717) is 12.3 Å². The zero-order valence-corrected chi connectivity index (χ0v) is 25.4. The predicted molar refractivity (Wildman–Crippen MR) is 160 cm³/mol. The Bertz CT molecular complexity index is 1480. The Hall–Kier alpha value is -4.12. The Morgan fingerprint density at radius 3 is 2.26 bits per heavy atom. The summed E-state index contributed by atoms with van der Waals surface area (Å²) in [6, 6.07) is 15.7. The number of anilines is 1. The Morgan fingerprint density at radius 1 is 0.976 bits per heavy atom. The highest BCUT2D eigenvalue weighted by atomic mass is 32.2. The number of carbonyl (C=O) groups is 2. The molecule has 0 aliphatic rings. The molecule has 0 bridgehead atoms. The number of aryl methyl sites for hydroxylation is 1. The third-order valence-corrected chi connectivity index (χ3v) is 8.63. The minimum Gasteiger partial charge on any atom is -0.493 e. The summed E-state index contributed by atoms with van der Waals surface area (Å²) in [4.78, 5) is 28.2. The number of benzene rings is 3. The van der Waals surface area contributed by atoms with Gasteiger partial charge >= 0.3 is 0 Å². The number of sulfonamides is 1. The molecule has 1 N–H and O–H groups in total. The van der Waals surface area contributed by atoms with Crippen LogP contribution in [0.5, 0.6) is 11.5 Å². The SMILES string of the molecule is CCCCNC(=O)[C@@H](C)N(Cc1ccccc1F)C(=O)CN(c1ccc(OC)c(OC)c1)S(=O)(=O)c1ccc(C)cc1. The molecule has 42 heavy (non-hydrogen) atoms. The molecule has 0 unspecified atom stereocenters. The molecule has 3 aromatic carbocycles. The summed E-state index contributed by atoms with van der Waals surface area (Å²) in [6.45, 7) is 4.88. The zero-order valence-electron chi connectivity index (χ0n) is 24.6. The number of carbonyl (C=O) groups excluding carboxylic acids is 2. The van der Waals surface area contributed by atoms with Crippen LogP contribution in [0.15, 0.2) is 71.6 Å². The molecule has 0 heterocycles. The number of hydrogen-bond acceptors (Lipinski definition) is 6. The molecule has 226 valence electrons. The second-order valence-corrected chi connectivity index (χ2v) is 11.7. The van der Waals surface area contributed by atoms with Crippen molar-refractivity contribution in [2.75, 3.05) is 31.6 Å². The van der Waals surface area contributed by atoms with Crippen molar-refractivity contribution in [2.24, 2.45) is 0 Å². The van der Waals surface area contributed by atoms with Crippen LogP contribution < -0.4 is 19.1 Å². The third kappa shape index (κ3) is 7.79. The van der Waals surface area contributed by atoms with E-state index in [-0.39, 0.29) is 28.4 Å². The van der Waals surface area contributed by atoms with Gasteiger partial charge in [-0.05, 0) is 50.6 Å². The summed E-state index contributed by atoms with van der Waals surface area (Å²) < 4.78 is 54.3. The summed E-state index contributed by atoms with van der Waals surface area (Å²) in [5.74, 6) is -1.02. The lowest BCUT2D eigenvalue weighted by molar-refractivity contribution is -0.139. The maximum atomic E-state index is 14.7. The molecule has 0 aromatic heterocycles. The Labute approximate surface area is 247 Å². The highest BCUT2D eigenvalue weighted by molar-refractivity contribution is 7.92. The molecular formula is C31H38FN3O6S. The van der Waals surface area contributed by atoms with Gasteiger partial charge in [-0.15, -0.1) is 0 Å². The van der Waals surface area contributed by atoms with E-state index in [9.17, 15) is 22.4 Å². The zero-order chi connectivity index (χ0) is 30.9. The van der Waals surface area contributed by atoms with Crippen LogP contribution in [0.25, 0.3) is 0 Å². The lowest BCUT2D eigenvalue weighted by Gasteiger charge is -2.32. The molecule has 11 heteroatoms. The van der Waals surface area contributed by atoms with Crippen molar-refractivity contribution in [3.8, 4) is 11.5 Å². The molecule has 0 aliphatic carbocycles. The summed E-state index contributed by atoms with van der Waals surface area (Å²) in [6.07, 6.45) is 1.62. The van der Waals surface area contributed by atoms with Crippen molar-refractivity contribution in [1.82, 2.24) is 10.2 Å². The number of amides is 2. The molecule has 0 spiro atoms. The van der Waals surface area contributed by atoms with Crippen molar-refractivity contribution in [3.05, 3.63) is 83.7 Å². The van der Waals surface area contributed by atoms with Crippen LogP contribution in [-0.2, 0) is 26.2 Å². The Kier molecular flexibility index (Phi) is 11.3. The number of nitrogens with one attached hydrogen (secondary N) is 1. The lowest BCUT2D eigenvalue weighted by Crippen LogP contribution is -2.51. The third-order valence-electron chi connectivity index (χ3n) is 6.84. The fraction of sp³-hybridized carbons (Fsp3) is 0.355. The van der Waals surface area contributed by atoms with E-state index in [1.165, 1.54) is 74.6 Å². The van der Waals surface area contributed by atoms with E-state index in [1.54, 1.807) is 18.2 Å². The first-order chi connectivity index (χ1) is 20.0. The number of halogens is 1. The fourth-order valence-corrected chi connectivity index (χ4v) is 5.68. The molecule has 0 aliphatic heterocycles. The minimum absolute atomic E-state index is 0.0262. The van der Waals surface area contributed by atoms with E-state index in [1.807, 2.05) is 13.8 Å². The number of ether oxygens (including phenoxy) is 2. The summed E-state index contributed by atoms with van der Waals surface area (Å²) in [5, 5.41) is 2.80. The van der Waals surface area contributed by atoms with Gasteiger partial charge in [0.15, 0.2) is 11.5 Å². The number of unbranched alkanes of at least 4 members (excludes halogenated alkanes) is 1. The van der Waals surface area contributed by atoms with Crippen molar-refractivity contribution in [2.45, 2.75) is 51.1 Å². The highest BCUT2D eigenvalue weighted by Crippen LogP contribution is 2.34.